The smallest absolute Gasteiger partial charge is 0.224 e. The number of carbonyl (C=O) groups is 1. The first kappa shape index (κ1) is 17.6. The number of hydrogen-bond donors (Lipinski definition) is 1. The topological polar surface area (TPSA) is 98.9 Å². The maximum absolute atomic E-state index is 12.2. The minimum atomic E-state index is -3.72. The van der Waals surface area contributed by atoms with Crippen molar-refractivity contribution in [3.8, 4) is 11.5 Å². The summed E-state index contributed by atoms with van der Waals surface area (Å²) in [7, 11) is -0.630. The minimum absolute atomic E-state index is 0.0668. The number of ether oxygens (including phenoxy) is 2. The molecular formula is C15H22N2O5S. The van der Waals surface area contributed by atoms with Gasteiger partial charge in [-0.3, -0.25) is 4.79 Å². The second-order valence-electron chi connectivity index (χ2n) is 5.50. The summed E-state index contributed by atoms with van der Waals surface area (Å²) in [6, 6.07) is 5.21. The molecule has 8 heteroatoms. The van der Waals surface area contributed by atoms with E-state index >= 15 is 0 Å². The molecule has 2 unspecified atom stereocenters. The summed E-state index contributed by atoms with van der Waals surface area (Å²) in [5.74, 6) is 0.963. The molecule has 7 nitrogen and oxygen atoms in total. The number of sulfonamides is 1. The average molecular weight is 342 g/mol. The van der Waals surface area contributed by atoms with Crippen molar-refractivity contribution in [1.29, 1.82) is 0 Å². The zero-order valence-corrected chi connectivity index (χ0v) is 14.3. The first-order chi connectivity index (χ1) is 10.8. The molecule has 0 radical (unpaired) electrons. The number of hydrogen-bond acceptors (Lipinski definition) is 5. The van der Waals surface area contributed by atoms with Crippen LogP contribution in [0.5, 0.6) is 11.5 Å². The predicted octanol–water partition coefficient (Wildman–Crippen LogP) is 1.04. The zero-order valence-electron chi connectivity index (χ0n) is 13.5. The standard InChI is InChI=1S/C15H22N2O5S/c1-4-12(10-5-6-13(21-2)14(7-10)22-3)17-9-11(8-15(17)18)23(16,19)20/h5-7,11-12H,4,8-9H2,1-3H3,(H2,16,19,20). The van der Waals surface area contributed by atoms with Crippen molar-refractivity contribution in [3.63, 3.8) is 0 Å². The van der Waals surface area contributed by atoms with Gasteiger partial charge in [-0.25, -0.2) is 13.6 Å². The first-order valence-electron chi connectivity index (χ1n) is 7.34. The van der Waals surface area contributed by atoms with E-state index < -0.39 is 15.3 Å². The van der Waals surface area contributed by atoms with Gasteiger partial charge in [0.15, 0.2) is 11.5 Å². The fourth-order valence-electron chi connectivity index (χ4n) is 2.91. The molecule has 23 heavy (non-hydrogen) atoms. The molecule has 2 atom stereocenters. The molecule has 1 amide bonds. The van der Waals surface area contributed by atoms with Gasteiger partial charge in [-0.15, -0.1) is 0 Å². The monoisotopic (exact) mass is 342 g/mol. The Morgan fingerprint density at radius 3 is 2.43 bits per heavy atom. The number of carbonyl (C=O) groups excluding carboxylic acids is 1. The molecule has 1 aromatic rings. The van der Waals surface area contributed by atoms with Gasteiger partial charge in [-0.05, 0) is 24.1 Å². The molecule has 1 fully saturated rings. The van der Waals surface area contributed by atoms with E-state index in [2.05, 4.69) is 0 Å². The Kier molecular flexibility index (Phi) is 5.16. The van der Waals surface area contributed by atoms with E-state index in [1.54, 1.807) is 25.2 Å². The summed E-state index contributed by atoms with van der Waals surface area (Å²) >= 11 is 0. The molecule has 0 aliphatic carbocycles. The van der Waals surface area contributed by atoms with Crippen LogP contribution in [0.1, 0.15) is 31.4 Å². The number of likely N-dealkylation sites (tertiary alicyclic amines) is 1. The highest BCUT2D eigenvalue weighted by Crippen LogP contribution is 2.35. The maximum Gasteiger partial charge on any atom is 0.224 e. The van der Waals surface area contributed by atoms with Crippen molar-refractivity contribution in [2.45, 2.75) is 31.1 Å². The Labute approximate surface area is 136 Å². The van der Waals surface area contributed by atoms with E-state index in [0.29, 0.717) is 17.9 Å². The lowest BCUT2D eigenvalue weighted by Gasteiger charge is -2.28. The number of methoxy groups -OCH3 is 2. The van der Waals surface area contributed by atoms with Crippen LogP contribution in [0.25, 0.3) is 0 Å². The molecule has 0 aromatic heterocycles. The van der Waals surface area contributed by atoms with Crippen molar-refractivity contribution in [2.24, 2.45) is 5.14 Å². The Morgan fingerprint density at radius 2 is 1.96 bits per heavy atom. The molecule has 1 saturated heterocycles. The van der Waals surface area contributed by atoms with E-state index in [-0.39, 0.29) is 24.9 Å². The first-order valence-corrected chi connectivity index (χ1v) is 8.95. The van der Waals surface area contributed by atoms with Crippen LogP contribution < -0.4 is 14.6 Å². The third kappa shape index (κ3) is 3.59. The van der Waals surface area contributed by atoms with Gasteiger partial charge in [-0.2, -0.15) is 0 Å². The van der Waals surface area contributed by atoms with E-state index in [0.717, 1.165) is 5.56 Å². The summed E-state index contributed by atoms with van der Waals surface area (Å²) in [6.07, 6.45) is 0.585. The Bertz CT molecular complexity index is 689. The Hall–Kier alpha value is -1.80. The van der Waals surface area contributed by atoms with Gasteiger partial charge in [0.05, 0.1) is 20.3 Å². The SMILES string of the molecule is CCC(c1ccc(OC)c(OC)c1)N1CC(S(N)(=O)=O)CC1=O. The molecule has 0 bridgehead atoms. The van der Waals surface area contributed by atoms with E-state index in [1.807, 2.05) is 19.1 Å². The number of benzene rings is 1. The van der Waals surface area contributed by atoms with E-state index in [4.69, 9.17) is 14.6 Å². The summed E-state index contributed by atoms with van der Waals surface area (Å²) < 4.78 is 33.5. The third-order valence-corrected chi connectivity index (χ3v) is 5.39. The normalized spacial score (nSPS) is 19.7. The van der Waals surface area contributed by atoms with Gasteiger partial charge in [0.25, 0.3) is 0 Å². The molecule has 2 N–H and O–H groups in total. The van der Waals surface area contributed by atoms with Crippen LogP contribution >= 0.6 is 0 Å². The number of amides is 1. The summed E-state index contributed by atoms with van der Waals surface area (Å²) in [5, 5.41) is 4.34. The lowest BCUT2D eigenvalue weighted by molar-refractivity contribution is -0.129. The van der Waals surface area contributed by atoms with Gasteiger partial charge in [0.2, 0.25) is 15.9 Å². The molecule has 0 spiro atoms. The molecule has 1 aliphatic heterocycles. The molecule has 1 heterocycles. The maximum atomic E-state index is 12.2. The predicted molar refractivity (Wildman–Crippen MR) is 85.8 cm³/mol. The zero-order chi connectivity index (χ0) is 17.2. The van der Waals surface area contributed by atoms with Crippen LogP contribution in [0.3, 0.4) is 0 Å². The van der Waals surface area contributed by atoms with Crippen molar-refractivity contribution >= 4 is 15.9 Å². The number of nitrogens with zero attached hydrogens (tertiary/aromatic N) is 1. The molecular weight excluding hydrogens is 320 g/mol. The van der Waals surface area contributed by atoms with E-state index in [1.165, 1.54) is 0 Å². The van der Waals surface area contributed by atoms with Gasteiger partial charge >= 0.3 is 0 Å². The van der Waals surface area contributed by atoms with Gasteiger partial charge in [-0.1, -0.05) is 13.0 Å². The average Bonchev–Trinajstić information content (AvgIpc) is 2.90. The largest absolute Gasteiger partial charge is 0.493 e. The van der Waals surface area contributed by atoms with Gasteiger partial charge < -0.3 is 14.4 Å². The second-order valence-corrected chi connectivity index (χ2v) is 7.34. The molecule has 1 aromatic carbocycles. The molecule has 1 aliphatic rings. The number of primary sulfonamides is 1. The quantitative estimate of drug-likeness (QED) is 0.833. The summed E-state index contributed by atoms with van der Waals surface area (Å²) in [5.41, 5.74) is 0.869. The lowest BCUT2D eigenvalue weighted by atomic mass is 10.0. The Morgan fingerprint density at radius 1 is 1.30 bits per heavy atom. The third-order valence-electron chi connectivity index (χ3n) is 4.14. The second kappa shape index (κ2) is 6.76. The summed E-state index contributed by atoms with van der Waals surface area (Å²) in [6.45, 7) is 2.06. The Balaban J connectivity index is 2.32. The van der Waals surface area contributed by atoms with Crippen molar-refractivity contribution in [3.05, 3.63) is 23.8 Å². The number of rotatable bonds is 6. The van der Waals surface area contributed by atoms with Crippen LogP contribution in [0.2, 0.25) is 0 Å². The fraction of sp³-hybridized carbons (Fsp3) is 0.533. The highest BCUT2D eigenvalue weighted by molar-refractivity contribution is 7.89. The van der Waals surface area contributed by atoms with Crippen molar-refractivity contribution < 1.29 is 22.7 Å². The molecule has 128 valence electrons. The van der Waals surface area contributed by atoms with E-state index in [9.17, 15) is 13.2 Å². The molecule has 0 saturated carbocycles. The van der Waals surface area contributed by atoms with Crippen molar-refractivity contribution in [2.75, 3.05) is 20.8 Å². The van der Waals surface area contributed by atoms with Crippen LogP contribution in [0.15, 0.2) is 18.2 Å². The van der Waals surface area contributed by atoms with Gasteiger partial charge in [0, 0.05) is 13.0 Å². The van der Waals surface area contributed by atoms with Crippen LogP contribution in [-0.4, -0.2) is 45.2 Å². The highest BCUT2D eigenvalue weighted by atomic mass is 32.2. The van der Waals surface area contributed by atoms with Crippen molar-refractivity contribution in [1.82, 2.24) is 4.90 Å². The highest BCUT2D eigenvalue weighted by Gasteiger charge is 2.39. The van der Waals surface area contributed by atoms with Crippen LogP contribution in [0.4, 0.5) is 0 Å². The van der Waals surface area contributed by atoms with Crippen LogP contribution in [-0.2, 0) is 14.8 Å². The van der Waals surface area contributed by atoms with Crippen LogP contribution in [0, 0.1) is 0 Å². The molecule has 2 rings (SSSR count). The fourth-order valence-corrected chi connectivity index (χ4v) is 3.66. The number of nitrogens with two attached hydrogens (primary N) is 1. The summed E-state index contributed by atoms with van der Waals surface area (Å²) in [4.78, 5) is 13.8. The lowest BCUT2D eigenvalue weighted by Crippen LogP contribution is -2.34. The minimum Gasteiger partial charge on any atom is -0.493 e. The van der Waals surface area contributed by atoms with Gasteiger partial charge in [0.1, 0.15) is 5.25 Å².